The number of hydrogen-bond acceptors (Lipinski definition) is 3. The maximum atomic E-state index is 12.9. The van der Waals surface area contributed by atoms with Gasteiger partial charge in [0, 0.05) is 19.3 Å². The topological polar surface area (TPSA) is 47.4 Å². The van der Waals surface area contributed by atoms with Crippen LogP contribution in [0.3, 0.4) is 0 Å². The minimum Gasteiger partial charge on any atom is -0.445 e. The predicted octanol–water partition coefficient (Wildman–Crippen LogP) is 5.09. The Balaban J connectivity index is 1.72. The van der Waals surface area contributed by atoms with Gasteiger partial charge in [-0.05, 0) is 23.8 Å². The number of halogens is 9. The van der Waals surface area contributed by atoms with Gasteiger partial charge in [-0.1, -0.05) is 0 Å². The van der Waals surface area contributed by atoms with Crippen molar-refractivity contribution >= 4 is 6.09 Å². The van der Waals surface area contributed by atoms with Crippen molar-refractivity contribution < 1.29 is 49.0 Å². The van der Waals surface area contributed by atoms with Crippen LogP contribution >= 0.6 is 0 Å². The third-order valence-electron chi connectivity index (χ3n) is 4.36. The summed E-state index contributed by atoms with van der Waals surface area (Å²) in [5, 5.41) is 0. The lowest BCUT2D eigenvalue weighted by Gasteiger charge is -2.27. The number of amides is 1. The highest BCUT2D eigenvalue weighted by molar-refractivity contribution is 5.67. The maximum absolute atomic E-state index is 12.9. The molecule has 0 saturated carbocycles. The summed E-state index contributed by atoms with van der Waals surface area (Å²) in [5.74, 6) is -0.0889. The number of aromatic nitrogens is 2. The molecule has 1 aromatic carbocycles. The fourth-order valence-corrected chi connectivity index (χ4v) is 2.88. The van der Waals surface area contributed by atoms with Crippen molar-refractivity contribution in [1.82, 2.24) is 14.5 Å². The summed E-state index contributed by atoms with van der Waals surface area (Å²) in [5.41, 5.74) is -4.82. The van der Waals surface area contributed by atoms with E-state index in [1.54, 1.807) is 0 Å². The Hall–Kier alpha value is -2.93. The number of rotatable bonds is 2. The zero-order valence-corrected chi connectivity index (χ0v) is 15.2. The smallest absolute Gasteiger partial charge is 0.434 e. The lowest BCUT2D eigenvalue weighted by Crippen LogP contribution is -2.38. The van der Waals surface area contributed by atoms with E-state index in [2.05, 4.69) is 4.98 Å². The molecule has 0 atom stereocenters. The van der Waals surface area contributed by atoms with Crippen molar-refractivity contribution in [2.24, 2.45) is 0 Å². The molecule has 5 nitrogen and oxygen atoms in total. The fraction of sp³-hybridized carbons (Fsp3) is 0.412. The van der Waals surface area contributed by atoms with E-state index in [1.807, 2.05) is 0 Å². The molecule has 0 fully saturated rings. The molecule has 1 aliphatic rings. The monoisotopic (exact) mass is 461 g/mol. The molecule has 0 aliphatic carbocycles. The van der Waals surface area contributed by atoms with Gasteiger partial charge in [-0.3, -0.25) is 4.90 Å². The van der Waals surface area contributed by atoms with Crippen LogP contribution in [0.5, 0.6) is 0 Å². The summed E-state index contributed by atoms with van der Waals surface area (Å²) in [6, 6.07) is 0.774. The summed E-state index contributed by atoms with van der Waals surface area (Å²) in [6.45, 7) is -1.40. The quantitative estimate of drug-likeness (QED) is 0.586. The maximum Gasteiger partial charge on any atom is 0.434 e. The summed E-state index contributed by atoms with van der Waals surface area (Å²) in [4.78, 5) is 16.5. The van der Waals surface area contributed by atoms with E-state index in [0.29, 0.717) is 12.1 Å². The zero-order valence-electron chi connectivity index (χ0n) is 15.2. The molecule has 3 rings (SSSR count). The van der Waals surface area contributed by atoms with Crippen molar-refractivity contribution in [2.45, 2.75) is 38.2 Å². The highest BCUT2D eigenvalue weighted by atomic mass is 19.4. The Morgan fingerprint density at radius 3 is 2.00 bits per heavy atom. The van der Waals surface area contributed by atoms with Gasteiger partial charge in [-0.2, -0.15) is 39.5 Å². The normalized spacial score (nSPS) is 15.1. The van der Waals surface area contributed by atoms with Crippen molar-refractivity contribution in [2.75, 3.05) is 6.54 Å². The van der Waals surface area contributed by atoms with Gasteiger partial charge in [0.25, 0.3) is 0 Å². The number of benzene rings is 1. The molecule has 0 saturated heterocycles. The second kappa shape index (κ2) is 7.64. The Kier molecular flexibility index (Phi) is 5.61. The molecule has 14 heteroatoms. The molecule has 2 heterocycles. The van der Waals surface area contributed by atoms with E-state index in [0.717, 1.165) is 11.1 Å². The van der Waals surface area contributed by atoms with Crippen LogP contribution in [0.25, 0.3) is 0 Å². The number of carbonyl (C=O) groups excluding carboxylic acids is 1. The molecule has 0 spiro atoms. The van der Waals surface area contributed by atoms with Crippen molar-refractivity contribution in [3.8, 4) is 0 Å². The van der Waals surface area contributed by atoms with Gasteiger partial charge < -0.3 is 9.30 Å². The van der Waals surface area contributed by atoms with Crippen LogP contribution in [-0.4, -0.2) is 27.1 Å². The molecule has 2 aromatic rings. The number of nitrogens with zero attached hydrogens (tertiary/aromatic N) is 3. The third kappa shape index (κ3) is 5.22. The second-order valence-corrected chi connectivity index (χ2v) is 6.62. The molecule has 1 aromatic heterocycles. The highest BCUT2D eigenvalue weighted by Crippen LogP contribution is 2.36. The number of imidazole rings is 1. The number of fused-ring (bicyclic) bond motifs is 1. The first-order valence-electron chi connectivity index (χ1n) is 8.48. The predicted molar refractivity (Wildman–Crippen MR) is 84.3 cm³/mol. The van der Waals surface area contributed by atoms with Gasteiger partial charge in [0.1, 0.15) is 12.4 Å². The van der Waals surface area contributed by atoms with Crippen LogP contribution in [0, 0.1) is 0 Å². The van der Waals surface area contributed by atoms with E-state index in [4.69, 9.17) is 4.74 Å². The van der Waals surface area contributed by atoms with Gasteiger partial charge in [-0.15, -0.1) is 0 Å². The van der Waals surface area contributed by atoms with Crippen molar-refractivity contribution in [1.29, 1.82) is 0 Å². The minimum atomic E-state index is -5.06. The first-order chi connectivity index (χ1) is 14.1. The molecule has 0 radical (unpaired) electrons. The number of carbonyl (C=O) groups is 1. The Morgan fingerprint density at radius 1 is 0.903 bits per heavy atom. The molecule has 170 valence electrons. The molecule has 31 heavy (non-hydrogen) atoms. The van der Waals surface area contributed by atoms with Gasteiger partial charge in [0.2, 0.25) is 0 Å². The first-order valence-corrected chi connectivity index (χ1v) is 8.48. The summed E-state index contributed by atoms with van der Waals surface area (Å²) < 4.78 is 121. The third-order valence-corrected chi connectivity index (χ3v) is 4.36. The Bertz CT molecular complexity index is 944. The van der Waals surface area contributed by atoms with Crippen LogP contribution in [0.15, 0.2) is 24.4 Å². The fourth-order valence-electron chi connectivity index (χ4n) is 2.88. The lowest BCUT2D eigenvalue weighted by molar-refractivity contribution is -0.143. The van der Waals surface area contributed by atoms with Crippen LogP contribution in [-0.2, 0) is 43.0 Å². The molecule has 1 aliphatic heterocycles. The van der Waals surface area contributed by atoms with Crippen LogP contribution < -0.4 is 0 Å². The van der Waals surface area contributed by atoms with Gasteiger partial charge in [-0.25, -0.2) is 9.78 Å². The summed E-state index contributed by atoms with van der Waals surface area (Å²) in [7, 11) is 0. The van der Waals surface area contributed by atoms with Crippen LogP contribution in [0.4, 0.5) is 44.3 Å². The number of ether oxygens (including phenoxy) is 1. The van der Waals surface area contributed by atoms with Crippen LogP contribution in [0.1, 0.15) is 28.2 Å². The van der Waals surface area contributed by atoms with E-state index in [1.165, 1.54) is 4.57 Å². The zero-order chi connectivity index (χ0) is 23.2. The average Bonchev–Trinajstić information content (AvgIpc) is 3.08. The van der Waals surface area contributed by atoms with Gasteiger partial charge in [0.15, 0.2) is 5.69 Å². The molecular formula is C17H12F9N3O2. The molecule has 1 amide bonds. The SMILES string of the molecule is O=C(OCc1cc(C(F)(F)F)cc(C(F)(F)F)c1)N1CCn2cc(C(F)(F)F)nc2C1. The molecule has 0 unspecified atom stereocenters. The summed E-state index contributed by atoms with van der Waals surface area (Å²) >= 11 is 0. The molecule has 0 bridgehead atoms. The molecule has 0 N–H and O–H groups in total. The van der Waals surface area contributed by atoms with Gasteiger partial charge >= 0.3 is 24.6 Å². The largest absolute Gasteiger partial charge is 0.445 e. The van der Waals surface area contributed by atoms with Crippen LogP contribution in [0.2, 0.25) is 0 Å². The Labute approximate surface area is 168 Å². The lowest BCUT2D eigenvalue weighted by atomic mass is 10.1. The van der Waals surface area contributed by atoms with E-state index in [9.17, 15) is 44.3 Å². The highest BCUT2D eigenvalue weighted by Gasteiger charge is 2.38. The second-order valence-electron chi connectivity index (χ2n) is 6.62. The summed E-state index contributed by atoms with van der Waals surface area (Å²) in [6.07, 6.45) is -15.1. The minimum absolute atomic E-state index is 0.0463. The first kappa shape index (κ1) is 22.7. The number of alkyl halides is 9. The number of hydrogen-bond donors (Lipinski definition) is 0. The standard InChI is InChI=1S/C17H12F9N3O2/c18-15(19,20)10-3-9(4-11(5-10)16(21,22)23)8-31-14(30)29-2-1-28-6-12(17(24,25)26)27-13(28)7-29/h3-6H,1-2,7-8H2. The van der Waals surface area contributed by atoms with E-state index >= 15 is 0 Å². The van der Waals surface area contributed by atoms with Crippen molar-refractivity contribution in [3.05, 3.63) is 52.6 Å². The molecular weight excluding hydrogens is 449 g/mol. The van der Waals surface area contributed by atoms with Crippen molar-refractivity contribution in [3.63, 3.8) is 0 Å². The Morgan fingerprint density at radius 2 is 1.48 bits per heavy atom. The van der Waals surface area contributed by atoms with E-state index in [-0.39, 0.29) is 31.5 Å². The average molecular weight is 461 g/mol. The van der Waals surface area contributed by atoms with Gasteiger partial charge in [0.05, 0.1) is 17.7 Å². The van der Waals surface area contributed by atoms with E-state index < -0.39 is 53.6 Å².